The Hall–Kier alpha value is -1.71. The molecule has 2 rings (SSSR count). The van der Waals surface area contributed by atoms with E-state index >= 15 is 0 Å². The molecular weight excluding hydrogens is 252 g/mol. The second kappa shape index (κ2) is 6.64. The molecule has 0 aromatic heterocycles. The average Bonchev–Trinajstić information content (AvgIpc) is 2.62. The van der Waals surface area contributed by atoms with E-state index in [1.54, 1.807) is 18.2 Å². The van der Waals surface area contributed by atoms with E-state index in [0.717, 1.165) is 25.9 Å². The van der Waals surface area contributed by atoms with Crippen molar-refractivity contribution in [2.75, 3.05) is 25.4 Å². The molecule has 110 valence electrons. The van der Waals surface area contributed by atoms with E-state index in [2.05, 4.69) is 6.92 Å². The minimum atomic E-state index is 0.0624. The van der Waals surface area contributed by atoms with Crippen LogP contribution in [0.3, 0.4) is 0 Å². The van der Waals surface area contributed by atoms with E-state index < -0.39 is 0 Å². The number of likely N-dealkylation sites (tertiary alicyclic amines) is 1. The van der Waals surface area contributed by atoms with Gasteiger partial charge in [0, 0.05) is 30.4 Å². The van der Waals surface area contributed by atoms with Crippen molar-refractivity contribution in [3.05, 3.63) is 23.8 Å². The van der Waals surface area contributed by atoms with Crippen LogP contribution in [0.5, 0.6) is 5.75 Å². The maximum atomic E-state index is 12.6. The number of carbonyl (C=O) groups is 1. The lowest BCUT2D eigenvalue weighted by Gasteiger charge is -2.21. The number of amides is 1. The molecule has 1 saturated heterocycles. The Kier molecular flexibility index (Phi) is 4.88. The fourth-order valence-electron chi connectivity index (χ4n) is 2.64. The first-order valence-corrected chi connectivity index (χ1v) is 7.42. The van der Waals surface area contributed by atoms with E-state index in [1.807, 2.05) is 11.8 Å². The maximum Gasteiger partial charge on any atom is 0.254 e. The Morgan fingerprint density at radius 3 is 2.90 bits per heavy atom. The summed E-state index contributed by atoms with van der Waals surface area (Å²) in [5, 5.41) is 0. The van der Waals surface area contributed by atoms with Crippen molar-refractivity contribution in [1.29, 1.82) is 0 Å². The smallest absolute Gasteiger partial charge is 0.254 e. The Labute approximate surface area is 120 Å². The van der Waals surface area contributed by atoms with Gasteiger partial charge < -0.3 is 15.4 Å². The third kappa shape index (κ3) is 3.65. The predicted molar refractivity (Wildman–Crippen MR) is 80.9 cm³/mol. The molecule has 0 bridgehead atoms. The van der Waals surface area contributed by atoms with Crippen LogP contribution in [0.2, 0.25) is 0 Å². The highest BCUT2D eigenvalue weighted by Gasteiger charge is 2.20. The van der Waals surface area contributed by atoms with Gasteiger partial charge >= 0.3 is 0 Å². The first-order valence-electron chi connectivity index (χ1n) is 7.42. The van der Waals surface area contributed by atoms with Crippen LogP contribution < -0.4 is 10.5 Å². The first-order chi connectivity index (χ1) is 9.60. The number of hydrogen-bond acceptors (Lipinski definition) is 3. The van der Waals surface area contributed by atoms with Crippen LogP contribution in [0.1, 0.15) is 43.5 Å². The zero-order chi connectivity index (χ0) is 14.5. The molecule has 2 N–H and O–H groups in total. The molecule has 1 unspecified atom stereocenters. The number of nitrogens with zero attached hydrogens (tertiary/aromatic N) is 1. The third-order valence-corrected chi connectivity index (χ3v) is 3.79. The zero-order valence-electron chi connectivity index (χ0n) is 12.4. The van der Waals surface area contributed by atoms with Gasteiger partial charge in [0.2, 0.25) is 0 Å². The fourth-order valence-corrected chi connectivity index (χ4v) is 2.64. The zero-order valence-corrected chi connectivity index (χ0v) is 12.4. The summed E-state index contributed by atoms with van der Waals surface area (Å²) in [5.41, 5.74) is 7.06. The summed E-state index contributed by atoms with van der Waals surface area (Å²) in [5.74, 6) is 1.43. The van der Waals surface area contributed by atoms with Crippen LogP contribution in [0, 0.1) is 5.92 Å². The summed E-state index contributed by atoms with van der Waals surface area (Å²) >= 11 is 0. The molecule has 1 aromatic rings. The highest BCUT2D eigenvalue weighted by molar-refractivity contribution is 5.95. The van der Waals surface area contributed by atoms with Gasteiger partial charge in [0.1, 0.15) is 5.75 Å². The number of rotatable bonds is 3. The molecule has 1 aromatic carbocycles. The molecule has 1 fully saturated rings. The summed E-state index contributed by atoms with van der Waals surface area (Å²) in [6, 6.07) is 5.28. The lowest BCUT2D eigenvalue weighted by molar-refractivity contribution is 0.0760. The monoisotopic (exact) mass is 276 g/mol. The Bertz CT molecular complexity index is 474. The number of nitrogens with two attached hydrogens (primary N) is 1. The SMILES string of the molecule is CCOc1cc(N)cc(C(=O)N2CCCC(C)CC2)c1. The van der Waals surface area contributed by atoms with Crippen molar-refractivity contribution in [2.24, 2.45) is 5.92 Å². The molecule has 1 atom stereocenters. The van der Waals surface area contributed by atoms with E-state index in [1.165, 1.54) is 6.42 Å². The standard InChI is InChI=1S/C16H24N2O2/c1-3-20-15-10-13(9-14(17)11-15)16(19)18-7-4-5-12(2)6-8-18/h9-12H,3-8,17H2,1-2H3. The van der Waals surface area contributed by atoms with Crippen molar-refractivity contribution >= 4 is 11.6 Å². The minimum Gasteiger partial charge on any atom is -0.494 e. The Morgan fingerprint density at radius 1 is 1.35 bits per heavy atom. The van der Waals surface area contributed by atoms with E-state index in [9.17, 15) is 4.79 Å². The van der Waals surface area contributed by atoms with Crippen molar-refractivity contribution in [3.63, 3.8) is 0 Å². The summed E-state index contributed by atoms with van der Waals surface area (Å²) < 4.78 is 5.46. The first kappa shape index (κ1) is 14.7. The molecule has 4 nitrogen and oxygen atoms in total. The Balaban J connectivity index is 2.15. The van der Waals surface area contributed by atoms with Crippen molar-refractivity contribution in [1.82, 2.24) is 4.90 Å². The number of anilines is 1. The summed E-state index contributed by atoms with van der Waals surface area (Å²) in [4.78, 5) is 14.5. The van der Waals surface area contributed by atoms with Gasteiger partial charge in [-0.15, -0.1) is 0 Å². The molecule has 0 spiro atoms. The quantitative estimate of drug-likeness (QED) is 0.864. The van der Waals surface area contributed by atoms with E-state index in [0.29, 0.717) is 29.5 Å². The number of hydrogen-bond donors (Lipinski definition) is 1. The predicted octanol–water partition coefficient (Wildman–Crippen LogP) is 2.93. The third-order valence-electron chi connectivity index (χ3n) is 3.79. The number of benzene rings is 1. The highest BCUT2D eigenvalue weighted by atomic mass is 16.5. The van der Waals surface area contributed by atoms with Gasteiger partial charge in [-0.05, 0) is 44.2 Å². The van der Waals surface area contributed by atoms with Crippen LogP contribution in [-0.2, 0) is 0 Å². The van der Waals surface area contributed by atoms with Crippen molar-refractivity contribution in [2.45, 2.75) is 33.1 Å². The molecule has 20 heavy (non-hydrogen) atoms. The van der Waals surface area contributed by atoms with Crippen LogP contribution in [0.4, 0.5) is 5.69 Å². The van der Waals surface area contributed by atoms with Gasteiger partial charge in [-0.25, -0.2) is 0 Å². The maximum absolute atomic E-state index is 12.6. The largest absolute Gasteiger partial charge is 0.494 e. The molecule has 4 heteroatoms. The Morgan fingerprint density at radius 2 is 2.15 bits per heavy atom. The average molecular weight is 276 g/mol. The lowest BCUT2D eigenvalue weighted by Crippen LogP contribution is -2.32. The van der Waals surface area contributed by atoms with Gasteiger partial charge in [0.05, 0.1) is 6.61 Å². The molecule has 1 amide bonds. The summed E-state index contributed by atoms with van der Waals surface area (Å²) in [6.07, 6.45) is 3.35. The van der Waals surface area contributed by atoms with E-state index in [-0.39, 0.29) is 5.91 Å². The molecule has 0 aliphatic carbocycles. The van der Waals surface area contributed by atoms with Crippen LogP contribution in [0.25, 0.3) is 0 Å². The molecular formula is C16H24N2O2. The summed E-state index contributed by atoms with van der Waals surface area (Å²) in [6.45, 7) is 6.40. The molecule has 1 aliphatic rings. The van der Waals surface area contributed by atoms with Gasteiger partial charge in [-0.3, -0.25) is 4.79 Å². The van der Waals surface area contributed by atoms with Crippen molar-refractivity contribution in [3.8, 4) is 5.75 Å². The van der Waals surface area contributed by atoms with Crippen LogP contribution >= 0.6 is 0 Å². The molecule has 0 radical (unpaired) electrons. The molecule has 0 saturated carbocycles. The topological polar surface area (TPSA) is 55.6 Å². The fraction of sp³-hybridized carbons (Fsp3) is 0.562. The van der Waals surface area contributed by atoms with Crippen LogP contribution in [0.15, 0.2) is 18.2 Å². The van der Waals surface area contributed by atoms with Crippen LogP contribution in [-0.4, -0.2) is 30.5 Å². The number of carbonyl (C=O) groups excluding carboxylic acids is 1. The molecule has 1 heterocycles. The highest BCUT2D eigenvalue weighted by Crippen LogP contribution is 2.22. The second-order valence-electron chi connectivity index (χ2n) is 5.55. The van der Waals surface area contributed by atoms with Gasteiger partial charge in [0.25, 0.3) is 5.91 Å². The van der Waals surface area contributed by atoms with Gasteiger partial charge in [0.15, 0.2) is 0 Å². The second-order valence-corrected chi connectivity index (χ2v) is 5.55. The van der Waals surface area contributed by atoms with Crippen molar-refractivity contribution < 1.29 is 9.53 Å². The van der Waals surface area contributed by atoms with Gasteiger partial charge in [-0.1, -0.05) is 6.92 Å². The molecule has 1 aliphatic heterocycles. The lowest BCUT2D eigenvalue weighted by atomic mass is 10.0. The van der Waals surface area contributed by atoms with E-state index in [4.69, 9.17) is 10.5 Å². The number of ether oxygens (including phenoxy) is 1. The minimum absolute atomic E-state index is 0.0624. The summed E-state index contributed by atoms with van der Waals surface area (Å²) in [7, 11) is 0. The number of nitrogen functional groups attached to an aromatic ring is 1. The van der Waals surface area contributed by atoms with Gasteiger partial charge in [-0.2, -0.15) is 0 Å². The normalized spacial score (nSPS) is 19.5.